The van der Waals surface area contributed by atoms with Gasteiger partial charge in [-0.1, -0.05) is 32.9 Å². The number of piperidine rings is 1. The van der Waals surface area contributed by atoms with Crippen molar-refractivity contribution < 1.29 is 9.52 Å². The summed E-state index contributed by atoms with van der Waals surface area (Å²) in [6.07, 6.45) is 5.98. The second kappa shape index (κ2) is 7.74. The molecule has 0 saturated carbocycles. The SMILES string of the molecule is CCc1c(O)c(N2CCCC[C@@H]2CC)c2oc(=O)c3cccc(CC)c3c2c1C. The molecule has 1 aliphatic heterocycles. The van der Waals surface area contributed by atoms with Crippen molar-refractivity contribution in [2.24, 2.45) is 0 Å². The summed E-state index contributed by atoms with van der Waals surface area (Å²) in [5, 5.41) is 13.9. The number of fused-ring (bicyclic) bond motifs is 3. The van der Waals surface area contributed by atoms with Gasteiger partial charge in [0.15, 0.2) is 5.58 Å². The minimum atomic E-state index is -0.322. The molecular weight excluding hydrogens is 362 g/mol. The van der Waals surface area contributed by atoms with Gasteiger partial charge in [-0.15, -0.1) is 0 Å². The first-order chi connectivity index (χ1) is 14.0. The lowest BCUT2D eigenvalue weighted by atomic mass is 9.91. The lowest BCUT2D eigenvalue weighted by Crippen LogP contribution is -2.39. The Morgan fingerprint density at radius 3 is 2.62 bits per heavy atom. The smallest absolute Gasteiger partial charge is 0.344 e. The van der Waals surface area contributed by atoms with Crippen LogP contribution in [0.25, 0.3) is 21.7 Å². The Labute approximate surface area is 172 Å². The standard InChI is InChI=1S/C25H31NO3/c1-5-16-11-10-13-19-21(16)20-15(4)18(7-3)23(27)22(24(20)29-25(19)28)26-14-9-8-12-17(26)6-2/h10-11,13,17,27H,5-9,12,14H2,1-4H3/t17-/m0/s1. The molecule has 3 aromatic rings. The highest BCUT2D eigenvalue weighted by Gasteiger charge is 2.30. The van der Waals surface area contributed by atoms with Crippen LogP contribution in [0.5, 0.6) is 5.75 Å². The zero-order valence-electron chi connectivity index (χ0n) is 18.0. The fraction of sp³-hybridized carbons (Fsp3) is 0.480. The number of phenols is 1. The summed E-state index contributed by atoms with van der Waals surface area (Å²) in [4.78, 5) is 15.3. The summed E-state index contributed by atoms with van der Waals surface area (Å²) in [6.45, 7) is 9.31. The van der Waals surface area contributed by atoms with E-state index in [0.717, 1.165) is 71.8 Å². The maximum Gasteiger partial charge on any atom is 0.344 e. The van der Waals surface area contributed by atoms with Crippen molar-refractivity contribution in [1.29, 1.82) is 0 Å². The minimum Gasteiger partial charge on any atom is -0.505 e. The average Bonchev–Trinajstić information content (AvgIpc) is 2.74. The molecule has 1 fully saturated rings. The Bertz CT molecular complexity index is 1130. The normalized spacial score (nSPS) is 17.4. The summed E-state index contributed by atoms with van der Waals surface area (Å²) in [6, 6.07) is 6.23. The van der Waals surface area contributed by atoms with Crippen molar-refractivity contribution in [3.63, 3.8) is 0 Å². The molecule has 2 heterocycles. The van der Waals surface area contributed by atoms with Crippen LogP contribution >= 0.6 is 0 Å². The van der Waals surface area contributed by atoms with Crippen LogP contribution in [-0.2, 0) is 12.8 Å². The highest BCUT2D eigenvalue weighted by Crippen LogP contribution is 2.46. The molecule has 0 bridgehead atoms. The third kappa shape index (κ3) is 3.00. The highest BCUT2D eigenvalue weighted by atomic mass is 16.4. The van der Waals surface area contributed by atoms with Gasteiger partial charge in [-0.2, -0.15) is 0 Å². The number of aryl methyl sites for hydroxylation is 2. The Morgan fingerprint density at radius 1 is 1.14 bits per heavy atom. The molecule has 1 atom stereocenters. The molecule has 0 unspecified atom stereocenters. The molecule has 4 heteroatoms. The van der Waals surface area contributed by atoms with E-state index in [1.54, 1.807) is 0 Å². The lowest BCUT2D eigenvalue weighted by Gasteiger charge is -2.38. The second-order valence-electron chi connectivity index (χ2n) is 8.19. The first-order valence-corrected chi connectivity index (χ1v) is 11.0. The van der Waals surface area contributed by atoms with Gasteiger partial charge >= 0.3 is 5.63 Å². The number of rotatable bonds is 4. The highest BCUT2D eigenvalue weighted by molar-refractivity contribution is 6.12. The molecule has 1 aliphatic rings. The maximum atomic E-state index is 13.0. The van der Waals surface area contributed by atoms with Crippen LogP contribution < -0.4 is 10.5 Å². The third-order valence-electron chi connectivity index (χ3n) is 6.72. The van der Waals surface area contributed by atoms with Crippen LogP contribution in [0.2, 0.25) is 0 Å². The zero-order valence-corrected chi connectivity index (χ0v) is 18.0. The number of hydrogen-bond donors (Lipinski definition) is 1. The predicted octanol–water partition coefficient (Wildman–Crippen LogP) is 5.85. The van der Waals surface area contributed by atoms with Gasteiger partial charge < -0.3 is 14.4 Å². The van der Waals surface area contributed by atoms with Crippen LogP contribution in [0.15, 0.2) is 27.4 Å². The molecule has 1 aromatic heterocycles. The van der Waals surface area contributed by atoms with Crippen LogP contribution in [0, 0.1) is 6.92 Å². The largest absolute Gasteiger partial charge is 0.505 e. The van der Waals surface area contributed by atoms with E-state index in [9.17, 15) is 9.90 Å². The molecular formula is C25H31NO3. The van der Waals surface area contributed by atoms with E-state index in [1.807, 2.05) is 19.1 Å². The Morgan fingerprint density at radius 2 is 1.93 bits per heavy atom. The molecule has 0 spiro atoms. The molecule has 0 radical (unpaired) electrons. The Balaban J connectivity index is 2.21. The van der Waals surface area contributed by atoms with Gasteiger partial charge in [0.1, 0.15) is 11.4 Å². The molecule has 1 N–H and O–H groups in total. The van der Waals surface area contributed by atoms with Crippen LogP contribution in [0.1, 0.15) is 63.1 Å². The van der Waals surface area contributed by atoms with Crippen molar-refractivity contribution in [3.05, 3.63) is 45.3 Å². The van der Waals surface area contributed by atoms with Crippen molar-refractivity contribution in [1.82, 2.24) is 0 Å². The predicted molar refractivity (Wildman–Crippen MR) is 120 cm³/mol. The molecule has 154 valence electrons. The van der Waals surface area contributed by atoms with Gasteiger partial charge in [0, 0.05) is 23.4 Å². The van der Waals surface area contributed by atoms with Crippen molar-refractivity contribution in [3.8, 4) is 5.75 Å². The van der Waals surface area contributed by atoms with E-state index in [0.29, 0.717) is 17.0 Å². The van der Waals surface area contributed by atoms with Crippen LogP contribution in [0.3, 0.4) is 0 Å². The van der Waals surface area contributed by atoms with Gasteiger partial charge in [-0.05, 0) is 68.2 Å². The average molecular weight is 394 g/mol. The third-order valence-corrected chi connectivity index (χ3v) is 6.72. The molecule has 0 amide bonds. The minimum absolute atomic E-state index is 0.286. The fourth-order valence-corrected chi connectivity index (χ4v) is 5.19. The summed E-state index contributed by atoms with van der Waals surface area (Å²) in [7, 11) is 0. The zero-order chi connectivity index (χ0) is 20.7. The van der Waals surface area contributed by atoms with Gasteiger partial charge in [-0.25, -0.2) is 4.79 Å². The summed E-state index contributed by atoms with van der Waals surface area (Å²) < 4.78 is 5.96. The van der Waals surface area contributed by atoms with E-state index in [1.165, 1.54) is 6.42 Å². The molecule has 2 aromatic carbocycles. The van der Waals surface area contributed by atoms with E-state index in [-0.39, 0.29) is 11.4 Å². The van der Waals surface area contributed by atoms with Gasteiger partial charge in [0.25, 0.3) is 0 Å². The van der Waals surface area contributed by atoms with Crippen LogP contribution in [-0.4, -0.2) is 17.7 Å². The first kappa shape index (κ1) is 19.8. The van der Waals surface area contributed by atoms with Gasteiger partial charge in [-0.3, -0.25) is 0 Å². The van der Waals surface area contributed by atoms with Crippen molar-refractivity contribution >= 4 is 27.4 Å². The summed E-state index contributed by atoms with van der Waals surface area (Å²) in [5.74, 6) is 0.286. The van der Waals surface area contributed by atoms with E-state index < -0.39 is 0 Å². The first-order valence-electron chi connectivity index (χ1n) is 11.0. The topological polar surface area (TPSA) is 53.7 Å². The van der Waals surface area contributed by atoms with E-state index in [2.05, 4.69) is 31.7 Å². The second-order valence-corrected chi connectivity index (χ2v) is 8.19. The summed E-state index contributed by atoms with van der Waals surface area (Å²) >= 11 is 0. The lowest BCUT2D eigenvalue weighted by molar-refractivity contribution is 0.427. The quantitative estimate of drug-likeness (QED) is 0.446. The number of phenolic OH excluding ortho intramolecular Hbond substituents is 1. The summed E-state index contributed by atoms with van der Waals surface area (Å²) in [5.41, 5.74) is 4.07. The number of anilines is 1. The molecule has 1 saturated heterocycles. The fourth-order valence-electron chi connectivity index (χ4n) is 5.19. The number of hydrogen-bond acceptors (Lipinski definition) is 4. The number of aromatic hydroxyl groups is 1. The Kier molecular flexibility index (Phi) is 5.28. The molecule has 4 nitrogen and oxygen atoms in total. The van der Waals surface area contributed by atoms with Gasteiger partial charge in [0.05, 0.1) is 5.39 Å². The van der Waals surface area contributed by atoms with Crippen molar-refractivity contribution in [2.75, 3.05) is 11.4 Å². The monoisotopic (exact) mass is 393 g/mol. The number of benzene rings is 2. The maximum absolute atomic E-state index is 13.0. The van der Waals surface area contributed by atoms with Crippen LogP contribution in [0.4, 0.5) is 5.69 Å². The van der Waals surface area contributed by atoms with E-state index >= 15 is 0 Å². The number of nitrogens with zero attached hydrogens (tertiary/aromatic N) is 1. The molecule has 0 aliphatic carbocycles. The van der Waals surface area contributed by atoms with Crippen molar-refractivity contribution in [2.45, 2.75) is 72.3 Å². The molecule has 4 rings (SSSR count). The Hall–Kier alpha value is -2.49. The van der Waals surface area contributed by atoms with Gasteiger partial charge in [0.2, 0.25) is 0 Å². The molecule has 29 heavy (non-hydrogen) atoms. The van der Waals surface area contributed by atoms with E-state index in [4.69, 9.17) is 4.42 Å².